The smallest absolute Gasteiger partial charge is 0.280 e. The third-order valence-electron chi connectivity index (χ3n) is 2.85. The number of nitrogens with one attached hydrogen (secondary N) is 1. The molecule has 1 aromatic heterocycles. The van der Waals surface area contributed by atoms with Crippen LogP contribution in [-0.2, 0) is 4.79 Å². The standard InChI is InChI=1S/C17H17ClN2O3/c1-12(10-16-4-3-9-22-16)11-19-20-17(21)13(2)23-15-7-5-14(18)6-8-15/h3-11,13H,1-2H3,(H,20,21)/b12-10+,19-11+. The molecule has 5 nitrogen and oxygen atoms in total. The summed E-state index contributed by atoms with van der Waals surface area (Å²) < 4.78 is 10.7. The van der Waals surface area contributed by atoms with Crippen molar-refractivity contribution in [3.05, 3.63) is 59.0 Å². The van der Waals surface area contributed by atoms with Gasteiger partial charge >= 0.3 is 0 Å². The van der Waals surface area contributed by atoms with Crippen LogP contribution >= 0.6 is 11.6 Å². The molecule has 1 N–H and O–H groups in total. The minimum absolute atomic E-state index is 0.345. The second kappa shape index (κ2) is 8.19. The average Bonchev–Trinajstić information content (AvgIpc) is 3.02. The predicted octanol–water partition coefficient (Wildman–Crippen LogP) is 3.91. The van der Waals surface area contributed by atoms with Crippen molar-refractivity contribution in [2.45, 2.75) is 20.0 Å². The Labute approximate surface area is 139 Å². The normalized spacial score (nSPS) is 13.1. The summed E-state index contributed by atoms with van der Waals surface area (Å²) >= 11 is 5.79. The maximum atomic E-state index is 11.9. The van der Waals surface area contributed by atoms with Gasteiger partial charge in [-0.25, -0.2) is 5.43 Å². The lowest BCUT2D eigenvalue weighted by molar-refractivity contribution is -0.127. The third-order valence-corrected chi connectivity index (χ3v) is 3.10. The molecule has 23 heavy (non-hydrogen) atoms. The first kappa shape index (κ1) is 16.8. The Balaban J connectivity index is 1.83. The number of halogens is 1. The van der Waals surface area contributed by atoms with Gasteiger partial charge in [0.05, 0.1) is 12.5 Å². The summed E-state index contributed by atoms with van der Waals surface area (Å²) in [7, 11) is 0. The molecular formula is C17H17ClN2O3. The fourth-order valence-corrected chi connectivity index (χ4v) is 1.82. The van der Waals surface area contributed by atoms with E-state index in [9.17, 15) is 4.79 Å². The van der Waals surface area contributed by atoms with Crippen molar-refractivity contribution in [3.8, 4) is 5.75 Å². The molecule has 0 fully saturated rings. The Morgan fingerprint density at radius 3 is 2.74 bits per heavy atom. The number of amides is 1. The first-order valence-corrected chi connectivity index (χ1v) is 7.39. The van der Waals surface area contributed by atoms with E-state index in [4.69, 9.17) is 20.8 Å². The molecular weight excluding hydrogens is 316 g/mol. The molecule has 2 aromatic rings. The third kappa shape index (κ3) is 5.64. The van der Waals surface area contributed by atoms with Gasteiger partial charge in [-0.3, -0.25) is 4.79 Å². The highest BCUT2D eigenvalue weighted by molar-refractivity contribution is 6.30. The van der Waals surface area contributed by atoms with Crippen LogP contribution in [0.1, 0.15) is 19.6 Å². The molecule has 1 atom stereocenters. The van der Waals surface area contributed by atoms with Crippen LogP contribution in [0.25, 0.3) is 6.08 Å². The van der Waals surface area contributed by atoms with Gasteiger partial charge in [0.15, 0.2) is 6.10 Å². The van der Waals surface area contributed by atoms with E-state index in [1.165, 1.54) is 6.21 Å². The summed E-state index contributed by atoms with van der Waals surface area (Å²) in [6, 6.07) is 10.4. The zero-order chi connectivity index (χ0) is 16.7. The van der Waals surface area contributed by atoms with Crippen LogP contribution in [-0.4, -0.2) is 18.2 Å². The number of hydrogen-bond donors (Lipinski definition) is 1. The van der Waals surface area contributed by atoms with Gasteiger partial charge in [0, 0.05) is 5.02 Å². The molecule has 0 aliphatic heterocycles. The number of benzene rings is 1. The van der Waals surface area contributed by atoms with E-state index in [1.54, 1.807) is 43.5 Å². The molecule has 0 saturated carbocycles. The van der Waals surface area contributed by atoms with Crippen LogP contribution in [0.4, 0.5) is 0 Å². The van der Waals surface area contributed by atoms with Crippen molar-refractivity contribution in [1.82, 2.24) is 5.43 Å². The van der Waals surface area contributed by atoms with E-state index in [1.807, 2.05) is 19.1 Å². The average molecular weight is 333 g/mol. The van der Waals surface area contributed by atoms with Crippen LogP contribution in [0, 0.1) is 0 Å². The van der Waals surface area contributed by atoms with E-state index < -0.39 is 6.10 Å². The molecule has 0 saturated heterocycles. The lowest BCUT2D eigenvalue weighted by Gasteiger charge is -2.12. The predicted molar refractivity (Wildman–Crippen MR) is 90.5 cm³/mol. The molecule has 1 heterocycles. The summed E-state index contributed by atoms with van der Waals surface area (Å²) in [6.45, 7) is 3.50. The number of hydrazone groups is 1. The molecule has 0 aliphatic rings. The van der Waals surface area contributed by atoms with Crippen LogP contribution in [0.5, 0.6) is 5.75 Å². The number of allylic oxidation sites excluding steroid dienone is 1. The second-order valence-corrected chi connectivity index (χ2v) is 5.29. The SMILES string of the molecule is CC(/C=N/NC(=O)C(C)Oc1ccc(Cl)cc1)=C\c1ccco1. The van der Waals surface area contributed by atoms with Crippen molar-refractivity contribution in [2.75, 3.05) is 0 Å². The fourth-order valence-electron chi connectivity index (χ4n) is 1.69. The molecule has 0 spiro atoms. The number of ether oxygens (including phenoxy) is 1. The Kier molecular flexibility index (Phi) is 6.00. The summed E-state index contributed by atoms with van der Waals surface area (Å²) in [5, 5.41) is 4.50. The first-order valence-electron chi connectivity index (χ1n) is 7.01. The largest absolute Gasteiger partial charge is 0.481 e. The Morgan fingerprint density at radius 2 is 2.09 bits per heavy atom. The van der Waals surface area contributed by atoms with Gasteiger partial charge in [0.1, 0.15) is 11.5 Å². The zero-order valence-electron chi connectivity index (χ0n) is 12.8. The van der Waals surface area contributed by atoms with E-state index in [0.29, 0.717) is 10.8 Å². The van der Waals surface area contributed by atoms with Gasteiger partial charge in [-0.2, -0.15) is 5.10 Å². The Morgan fingerprint density at radius 1 is 1.35 bits per heavy atom. The number of rotatable bonds is 6. The van der Waals surface area contributed by atoms with Gasteiger partial charge in [-0.15, -0.1) is 0 Å². The highest BCUT2D eigenvalue weighted by Gasteiger charge is 2.13. The van der Waals surface area contributed by atoms with Crippen LogP contribution in [0.3, 0.4) is 0 Å². The number of carbonyl (C=O) groups is 1. The van der Waals surface area contributed by atoms with Gasteiger partial charge in [0.25, 0.3) is 5.91 Å². The summed E-state index contributed by atoms with van der Waals surface area (Å²) in [6.07, 6.45) is 4.26. The van der Waals surface area contributed by atoms with E-state index in [2.05, 4.69) is 10.5 Å². The number of furan rings is 1. The Hall–Kier alpha value is -2.53. The molecule has 6 heteroatoms. The van der Waals surface area contributed by atoms with Crippen LogP contribution in [0.2, 0.25) is 5.02 Å². The summed E-state index contributed by atoms with van der Waals surface area (Å²) in [5.41, 5.74) is 3.27. The van der Waals surface area contributed by atoms with E-state index in [0.717, 1.165) is 11.3 Å². The number of hydrogen-bond acceptors (Lipinski definition) is 4. The lowest BCUT2D eigenvalue weighted by atomic mass is 10.3. The second-order valence-electron chi connectivity index (χ2n) is 4.85. The fraction of sp³-hybridized carbons (Fsp3) is 0.176. The molecule has 1 unspecified atom stereocenters. The summed E-state index contributed by atoms with van der Waals surface area (Å²) in [5.74, 6) is 0.941. The van der Waals surface area contributed by atoms with Gasteiger partial charge in [-0.05, 0) is 61.9 Å². The highest BCUT2D eigenvalue weighted by atomic mass is 35.5. The lowest BCUT2D eigenvalue weighted by Crippen LogP contribution is -2.33. The van der Waals surface area contributed by atoms with E-state index in [-0.39, 0.29) is 5.91 Å². The van der Waals surface area contributed by atoms with Crippen LogP contribution < -0.4 is 10.2 Å². The molecule has 2 rings (SSSR count). The number of carbonyl (C=O) groups excluding carboxylic acids is 1. The first-order chi connectivity index (χ1) is 11.0. The minimum Gasteiger partial charge on any atom is -0.481 e. The van der Waals surface area contributed by atoms with Crippen LogP contribution in [0.15, 0.2) is 57.8 Å². The van der Waals surface area contributed by atoms with Crippen molar-refractivity contribution >= 4 is 29.8 Å². The van der Waals surface area contributed by atoms with Gasteiger partial charge in [0.2, 0.25) is 0 Å². The molecule has 120 valence electrons. The molecule has 0 radical (unpaired) electrons. The molecule has 1 aromatic carbocycles. The quantitative estimate of drug-likeness (QED) is 0.644. The maximum Gasteiger partial charge on any atom is 0.280 e. The van der Waals surface area contributed by atoms with Crippen molar-refractivity contribution in [3.63, 3.8) is 0 Å². The van der Waals surface area contributed by atoms with Crippen molar-refractivity contribution in [1.29, 1.82) is 0 Å². The van der Waals surface area contributed by atoms with Crippen molar-refractivity contribution in [2.24, 2.45) is 5.10 Å². The molecule has 1 amide bonds. The number of nitrogens with zero attached hydrogens (tertiary/aromatic N) is 1. The highest BCUT2D eigenvalue weighted by Crippen LogP contribution is 2.16. The summed E-state index contributed by atoms with van der Waals surface area (Å²) in [4.78, 5) is 11.9. The van der Waals surface area contributed by atoms with Gasteiger partial charge in [-0.1, -0.05) is 11.6 Å². The maximum absolute atomic E-state index is 11.9. The monoisotopic (exact) mass is 332 g/mol. The Bertz CT molecular complexity index is 691. The molecule has 0 aliphatic carbocycles. The minimum atomic E-state index is -0.678. The molecule has 0 bridgehead atoms. The van der Waals surface area contributed by atoms with Gasteiger partial charge < -0.3 is 9.15 Å². The zero-order valence-corrected chi connectivity index (χ0v) is 13.6. The van der Waals surface area contributed by atoms with E-state index >= 15 is 0 Å². The van der Waals surface area contributed by atoms with Crippen molar-refractivity contribution < 1.29 is 13.9 Å². The topological polar surface area (TPSA) is 63.8 Å².